The number of aryl methyl sites for hydroxylation is 1. The van der Waals surface area contributed by atoms with E-state index < -0.39 is 17.8 Å². The van der Waals surface area contributed by atoms with Crippen molar-refractivity contribution in [3.63, 3.8) is 0 Å². The van der Waals surface area contributed by atoms with Crippen molar-refractivity contribution in [1.82, 2.24) is 15.2 Å². The van der Waals surface area contributed by atoms with Crippen molar-refractivity contribution in [2.24, 2.45) is 0 Å². The quantitative estimate of drug-likeness (QED) is 0.557. The second-order valence-electron chi connectivity index (χ2n) is 6.19. The molecule has 1 fully saturated rings. The minimum atomic E-state index is -0.804. The number of nitrogens with one attached hydrogen (secondary N) is 2. The van der Waals surface area contributed by atoms with Gasteiger partial charge in [-0.05, 0) is 24.6 Å². The van der Waals surface area contributed by atoms with Crippen LogP contribution in [0.3, 0.4) is 0 Å². The number of rotatable bonds is 3. The summed E-state index contributed by atoms with van der Waals surface area (Å²) < 4.78 is 2.15. The zero-order chi connectivity index (χ0) is 19.0. The van der Waals surface area contributed by atoms with Crippen LogP contribution in [0.25, 0.3) is 28.2 Å². The molecular formula is C21H17N3O3. The van der Waals surface area contributed by atoms with E-state index in [2.05, 4.69) is 22.1 Å². The molecule has 4 rings (SSSR count). The highest BCUT2D eigenvalue weighted by atomic mass is 16.2. The lowest BCUT2D eigenvalue weighted by Crippen LogP contribution is -2.51. The number of amides is 4. The number of urea groups is 1. The predicted molar refractivity (Wildman–Crippen MR) is 103 cm³/mol. The summed E-state index contributed by atoms with van der Waals surface area (Å²) in [5, 5.41) is 5.18. The van der Waals surface area contributed by atoms with Crippen LogP contribution < -0.4 is 10.6 Å². The zero-order valence-electron chi connectivity index (χ0n) is 14.7. The molecule has 134 valence electrons. The molecule has 1 aliphatic rings. The van der Waals surface area contributed by atoms with E-state index in [0.717, 1.165) is 34.3 Å². The maximum atomic E-state index is 12.2. The molecule has 2 aromatic carbocycles. The molecule has 0 aliphatic carbocycles. The number of para-hydroxylation sites is 1. The summed E-state index contributed by atoms with van der Waals surface area (Å²) in [7, 11) is 0. The summed E-state index contributed by atoms with van der Waals surface area (Å²) in [5.74, 6) is -1.40. The third kappa shape index (κ3) is 2.81. The lowest BCUT2D eigenvalue weighted by molar-refractivity contribution is -0.123. The summed E-state index contributed by atoms with van der Waals surface area (Å²) in [5.41, 5.74) is 3.59. The van der Waals surface area contributed by atoms with Crippen molar-refractivity contribution in [3.05, 3.63) is 65.7 Å². The molecule has 1 aliphatic heterocycles. The molecule has 2 heterocycles. The third-order valence-corrected chi connectivity index (χ3v) is 4.61. The molecule has 6 nitrogen and oxygen atoms in total. The SMILES string of the molecule is CCn1c(-c2ccccc2)c(C=C2C(=O)NC(=O)NC2=O)c2ccccc21. The van der Waals surface area contributed by atoms with Gasteiger partial charge >= 0.3 is 6.03 Å². The van der Waals surface area contributed by atoms with Crippen LogP contribution in [0.5, 0.6) is 0 Å². The number of fused-ring (bicyclic) bond motifs is 1. The van der Waals surface area contributed by atoms with E-state index in [4.69, 9.17) is 0 Å². The Morgan fingerprint density at radius 2 is 1.52 bits per heavy atom. The van der Waals surface area contributed by atoms with Gasteiger partial charge in [0.1, 0.15) is 5.57 Å². The lowest BCUT2D eigenvalue weighted by Gasteiger charge is -2.14. The van der Waals surface area contributed by atoms with Crippen molar-refractivity contribution in [1.29, 1.82) is 0 Å². The molecule has 4 amide bonds. The Morgan fingerprint density at radius 3 is 2.19 bits per heavy atom. The van der Waals surface area contributed by atoms with Crippen LogP contribution in [0, 0.1) is 0 Å². The largest absolute Gasteiger partial charge is 0.340 e. The summed E-state index contributed by atoms with van der Waals surface area (Å²) >= 11 is 0. The smallest absolute Gasteiger partial charge is 0.328 e. The molecule has 0 atom stereocenters. The minimum absolute atomic E-state index is 0.0919. The highest BCUT2D eigenvalue weighted by Crippen LogP contribution is 2.35. The van der Waals surface area contributed by atoms with Crippen LogP contribution in [-0.2, 0) is 16.1 Å². The molecule has 27 heavy (non-hydrogen) atoms. The van der Waals surface area contributed by atoms with E-state index in [0.29, 0.717) is 0 Å². The fraction of sp³-hybridized carbons (Fsp3) is 0.0952. The van der Waals surface area contributed by atoms with E-state index in [1.807, 2.05) is 54.6 Å². The highest BCUT2D eigenvalue weighted by Gasteiger charge is 2.29. The van der Waals surface area contributed by atoms with Crippen molar-refractivity contribution < 1.29 is 14.4 Å². The Balaban J connectivity index is 2.03. The second kappa shape index (κ2) is 6.57. The summed E-state index contributed by atoms with van der Waals surface area (Å²) in [6.07, 6.45) is 1.56. The van der Waals surface area contributed by atoms with Gasteiger partial charge in [-0.1, -0.05) is 48.5 Å². The van der Waals surface area contributed by atoms with Crippen molar-refractivity contribution in [2.45, 2.75) is 13.5 Å². The first-order chi connectivity index (χ1) is 13.1. The molecule has 0 saturated carbocycles. The highest BCUT2D eigenvalue weighted by molar-refractivity contribution is 6.31. The Morgan fingerprint density at radius 1 is 0.889 bits per heavy atom. The number of benzene rings is 2. The number of carbonyl (C=O) groups excluding carboxylic acids is 3. The molecule has 0 unspecified atom stereocenters. The van der Waals surface area contributed by atoms with Gasteiger partial charge < -0.3 is 4.57 Å². The fourth-order valence-corrected chi connectivity index (χ4v) is 3.46. The summed E-state index contributed by atoms with van der Waals surface area (Å²) in [4.78, 5) is 35.8. The average molecular weight is 359 g/mol. The summed E-state index contributed by atoms with van der Waals surface area (Å²) in [6, 6.07) is 16.9. The first kappa shape index (κ1) is 16.8. The zero-order valence-corrected chi connectivity index (χ0v) is 14.7. The molecular weight excluding hydrogens is 342 g/mol. The third-order valence-electron chi connectivity index (χ3n) is 4.61. The van der Waals surface area contributed by atoms with E-state index in [9.17, 15) is 14.4 Å². The normalized spacial score (nSPS) is 14.3. The Labute approximate surface area is 155 Å². The van der Waals surface area contributed by atoms with Gasteiger partial charge in [0, 0.05) is 23.0 Å². The van der Waals surface area contributed by atoms with Gasteiger partial charge in [0.2, 0.25) is 0 Å². The van der Waals surface area contributed by atoms with E-state index in [-0.39, 0.29) is 5.57 Å². The molecule has 2 N–H and O–H groups in total. The number of hydrogen-bond acceptors (Lipinski definition) is 3. The van der Waals surface area contributed by atoms with E-state index in [1.54, 1.807) is 6.08 Å². The van der Waals surface area contributed by atoms with Crippen LogP contribution in [0.1, 0.15) is 12.5 Å². The lowest BCUT2D eigenvalue weighted by atomic mass is 10.0. The van der Waals surface area contributed by atoms with Gasteiger partial charge in [-0.2, -0.15) is 0 Å². The van der Waals surface area contributed by atoms with Gasteiger partial charge in [-0.3, -0.25) is 20.2 Å². The number of hydrogen-bond donors (Lipinski definition) is 2. The van der Waals surface area contributed by atoms with Crippen LogP contribution in [-0.4, -0.2) is 22.4 Å². The predicted octanol–water partition coefficient (Wildman–Crippen LogP) is 3.08. The molecule has 1 saturated heterocycles. The van der Waals surface area contributed by atoms with Crippen LogP contribution >= 0.6 is 0 Å². The van der Waals surface area contributed by atoms with Gasteiger partial charge in [0.25, 0.3) is 11.8 Å². The molecule has 1 aromatic heterocycles. The van der Waals surface area contributed by atoms with E-state index >= 15 is 0 Å². The van der Waals surface area contributed by atoms with Gasteiger partial charge in [0.15, 0.2) is 0 Å². The molecule has 0 bridgehead atoms. The number of nitrogens with zero attached hydrogens (tertiary/aromatic N) is 1. The van der Waals surface area contributed by atoms with Gasteiger partial charge in [0.05, 0.1) is 5.69 Å². The Kier molecular flexibility index (Phi) is 4.08. The maximum absolute atomic E-state index is 12.2. The molecule has 3 aromatic rings. The number of carbonyl (C=O) groups is 3. The van der Waals surface area contributed by atoms with Crippen molar-refractivity contribution in [3.8, 4) is 11.3 Å². The summed E-state index contributed by atoms with van der Waals surface area (Å²) in [6.45, 7) is 2.78. The molecule has 0 spiro atoms. The maximum Gasteiger partial charge on any atom is 0.328 e. The minimum Gasteiger partial charge on any atom is -0.340 e. The van der Waals surface area contributed by atoms with Crippen molar-refractivity contribution in [2.75, 3.05) is 0 Å². The van der Waals surface area contributed by atoms with Crippen LogP contribution in [0.2, 0.25) is 0 Å². The number of aromatic nitrogens is 1. The fourth-order valence-electron chi connectivity index (χ4n) is 3.46. The monoisotopic (exact) mass is 359 g/mol. The molecule has 0 radical (unpaired) electrons. The van der Waals surface area contributed by atoms with E-state index in [1.165, 1.54) is 0 Å². The Hall–Kier alpha value is -3.67. The van der Waals surface area contributed by atoms with Gasteiger partial charge in [-0.25, -0.2) is 4.79 Å². The second-order valence-corrected chi connectivity index (χ2v) is 6.19. The number of imide groups is 2. The van der Waals surface area contributed by atoms with Gasteiger partial charge in [-0.15, -0.1) is 0 Å². The van der Waals surface area contributed by atoms with Crippen LogP contribution in [0.4, 0.5) is 4.79 Å². The standard InChI is InChI=1S/C21H17N3O3/c1-2-24-17-11-7-6-10-14(17)15(18(24)13-8-4-3-5-9-13)12-16-19(25)22-21(27)23-20(16)26/h3-12H,2H2,1H3,(H2,22,23,25,26,27). The first-order valence-electron chi connectivity index (χ1n) is 8.65. The number of barbiturate groups is 1. The average Bonchev–Trinajstić information content (AvgIpc) is 2.98. The Bertz CT molecular complexity index is 1090. The molecule has 6 heteroatoms. The van der Waals surface area contributed by atoms with Crippen LogP contribution in [0.15, 0.2) is 60.2 Å². The first-order valence-corrected chi connectivity index (χ1v) is 8.65. The topological polar surface area (TPSA) is 80.2 Å². The van der Waals surface area contributed by atoms with Crippen molar-refractivity contribution >= 4 is 34.8 Å².